The van der Waals surface area contributed by atoms with Crippen LogP contribution in [0.4, 0.5) is 22.0 Å². The molecule has 0 spiro atoms. The monoisotopic (exact) mass is 475 g/mol. The molecule has 4 unspecified atom stereocenters. The van der Waals surface area contributed by atoms with Crippen molar-refractivity contribution in [2.75, 3.05) is 0 Å². The number of hydrogen-bond donors (Lipinski definition) is 2. The van der Waals surface area contributed by atoms with E-state index in [2.05, 4.69) is 15.4 Å². The van der Waals surface area contributed by atoms with Gasteiger partial charge in [0.05, 0.1) is 28.6 Å². The Balaban J connectivity index is 1.60. The first-order valence-electron chi connectivity index (χ1n) is 10.2. The highest BCUT2D eigenvalue weighted by atomic mass is 32.2. The lowest BCUT2D eigenvalue weighted by atomic mass is 9.87. The Morgan fingerprint density at radius 1 is 1.38 bits per heavy atom. The van der Waals surface area contributed by atoms with Crippen molar-refractivity contribution in [3.8, 4) is 0 Å². The fraction of sp³-hybridized carbons (Fsp3) is 0.550. The minimum atomic E-state index is -4.54. The van der Waals surface area contributed by atoms with Gasteiger partial charge >= 0.3 is 6.18 Å². The number of amides is 1. The van der Waals surface area contributed by atoms with Crippen LogP contribution in [0, 0.1) is 0 Å². The Morgan fingerprint density at radius 3 is 2.78 bits per heavy atom. The van der Waals surface area contributed by atoms with E-state index in [4.69, 9.17) is 5.73 Å². The van der Waals surface area contributed by atoms with E-state index in [9.17, 15) is 26.7 Å². The predicted molar refractivity (Wildman–Crippen MR) is 109 cm³/mol. The number of thioether (sulfide) groups is 1. The zero-order valence-electron chi connectivity index (χ0n) is 17.1. The van der Waals surface area contributed by atoms with Crippen LogP contribution in [0.25, 0.3) is 5.65 Å². The fourth-order valence-electron chi connectivity index (χ4n) is 4.20. The predicted octanol–water partition coefficient (Wildman–Crippen LogP) is 3.87. The van der Waals surface area contributed by atoms with Crippen molar-refractivity contribution >= 4 is 23.3 Å². The van der Waals surface area contributed by atoms with E-state index in [0.717, 1.165) is 12.3 Å². The quantitative estimate of drug-likeness (QED) is 0.656. The number of fused-ring (bicyclic) bond motifs is 1. The molecular formula is C20H22F5N5OS. The first-order chi connectivity index (χ1) is 15.0. The zero-order chi connectivity index (χ0) is 23.3. The van der Waals surface area contributed by atoms with Crippen LogP contribution in [0.15, 0.2) is 29.4 Å². The van der Waals surface area contributed by atoms with Crippen molar-refractivity contribution < 1.29 is 26.7 Å². The second-order valence-electron chi connectivity index (χ2n) is 8.08. The minimum absolute atomic E-state index is 0.0359. The van der Waals surface area contributed by atoms with E-state index in [-0.39, 0.29) is 28.1 Å². The number of imidazole rings is 1. The summed E-state index contributed by atoms with van der Waals surface area (Å²) in [7, 11) is 0. The van der Waals surface area contributed by atoms with Crippen molar-refractivity contribution in [1.29, 1.82) is 0 Å². The molecule has 32 heavy (non-hydrogen) atoms. The van der Waals surface area contributed by atoms with Gasteiger partial charge in [-0.3, -0.25) is 4.79 Å². The number of rotatable bonds is 4. The Labute approximate surface area is 184 Å². The normalized spacial score (nSPS) is 28.0. The van der Waals surface area contributed by atoms with Crippen molar-refractivity contribution in [1.82, 2.24) is 19.9 Å². The number of allylic oxidation sites excluding steroid dienone is 1. The Hall–Kier alpha value is -2.21. The molecule has 1 fully saturated rings. The summed E-state index contributed by atoms with van der Waals surface area (Å²) in [5.41, 5.74) is 5.50. The maximum Gasteiger partial charge on any atom is 0.418 e. The van der Waals surface area contributed by atoms with E-state index in [1.165, 1.54) is 22.5 Å². The minimum Gasteiger partial charge on any atom is -0.341 e. The molecule has 3 N–H and O–H groups in total. The summed E-state index contributed by atoms with van der Waals surface area (Å²) in [6.07, 6.45) is 0.271. The molecule has 6 nitrogen and oxygen atoms in total. The number of nitrogens with zero attached hydrogens (tertiary/aromatic N) is 3. The third-order valence-electron chi connectivity index (χ3n) is 5.91. The molecule has 0 saturated heterocycles. The van der Waals surface area contributed by atoms with Gasteiger partial charge in [-0.1, -0.05) is 13.0 Å². The van der Waals surface area contributed by atoms with E-state index >= 15 is 0 Å². The van der Waals surface area contributed by atoms with Crippen LogP contribution < -0.4 is 11.1 Å². The molecule has 1 aliphatic carbocycles. The first-order valence-corrected chi connectivity index (χ1v) is 11.1. The smallest absolute Gasteiger partial charge is 0.341 e. The molecule has 0 radical (unpaired) electrons. The fourth-order valence-corrected chi connectivity index (χ4v) is 5.45. The molecule has 4 rings (SSSR count). The molecule has 2 aromatic rings. The van der Waals surface area contributed by atoms with Gasteiger partial charge in [-0.25, -0.2) is 18.3 Å². The number of hydrogen-bond acceptors (Lipinski definition) is 5. The molecule has 12 heteroatoms. The van der Waals surface area contributed by atoms with Gasteiger partial charge in [-0.2, -0.15) is 18.3 Å². The summed E-state index contributed by atoms with van der Waals surface area (Å²) in [5.74, 6) is -4.08. The number of halogens is 5. The highest BCUT2D eigenvalue weighted by Gasteiger charge is 2.47. The molecule has 1 amide bonds. The van der Waals surface area contributed by atoms with Crippen molar-refractivity contribution in [2.45, 2.75) is 68.0 Å². The summed E-state index contributed by atoms with van der Waals surface area (Å²) in [6.45, 7) is 1.91. The van der Waals surface area contributed by atoms with E-state index in [1.807, 2.05) is 6.92 Å². The number of carbonyl (C=O) groups is 1. The third kappa shape index (κ3) is 4.21. The Morgan fingerprint density at radius 2 is 2.12 bits per heavy atom. The summed E-state index contributed by atoms with van der Waals surface area (Å²) in [5, 5.41) is 6.17. The second-order valence-corrected chi connectivity index (χ2v) is 9.37. The lowest BCUT2D eigenvalue weighted by Crippen LogP contribution is -2.59. The summed E-state index contributed by atoms with van der Waals surface area (Å²) < 4.78 is 68.7. The lowest BCUT2D eigenvalue weighted by molar-refractivity contribution is -0.137. The molecule has 174 valence electrons. The molecule has 1 aliphatic heterocycles. The van der Waals surface area contributed by atoms with Gasteiger partial charge in [0.15, 0.2) is 5.65 Å². The van der Waals surface area contributed by atoms with Crippen LogP contribution in [0.5, 0.6) is 0 Å². The van der Waals surface area contributed by atoms with Gasteiger partial charge in [-0.05, 0) is 25.3 Å². The SMILES string of the molecule is CCC1SC(C(=O)NC2C(N)CCCC2(F)F)=CC1c1cnc2cc(C(F)(F)F)cnn12. The van der Waals surface area contributed by atoms with Crippen molar-refractivity contribution in [2.24, 2.45) is 5.73 Å². The van der Waals surface area contributed by atoms with Crippen molar-refractivity contribution in [3.05, 3.63) is 40.7 Å². The van der Waals surface area contributed by atoms with Crippen LogP contribution >= 0.6 is 11.8 Å². The Kier molecular flexibility index (Phi) is 5.95. The van der Waals surface area contributed by atoms with Crippen LogP contribution in [0.1, 0.15) is 49.8 Å². The van der Waals surface area contributed by atoms with Crippen LogP contribution in [-0.4, -0.2) is 43.8 Å². The molecule has 3 heterocycles. The number of carbonyl (C=O) groups excluding carboxylic acids is 1. The molecule has 1 saturated carbocycles. The summed E-state index contributed by atoms with van der Waals surface area (Å²) in [4.78, 5) is 17.1. The lowest BCUT2D eigenvalue weighted by Gasteiger charge is -2.36. The zero-order valence-corrected chi connectivity index (χ0v) is 17.9. The van der Waals surface area contributed by atoms with Crippen LogP contribution in [0.3, 0.4) is 0 Å². The largest absolute Gasteiger partial charge is 0.418 e. The van der Waals surface area contributed by atoms with E-state index < -0.39 is 35.7 Å². The van der Waals surface area contributed by atoms with Gasteiger partial charge < -0.3 is 11.1 Å². The van der Waals surface area contributed by atoms with E-state index in [1.54, 1.807) is 6.08 Å². The molecular weight excluding hydrogens is 453 g/mol. The Bertz CT molecular complexity index is 1050. The molecule has 0 bridgehead atoms. The molecule has 4 atom stereocenters. The summed E-state index contributed by atoms with van der Waals surface area (Å²) >= 11 is 1.25. The number of alkyl halides is 5. The van der Waals surface area contributed by atoms with Gasteiger partial charge in [0.2, 0.25) is 0 Å². The van der Waals surface area contributed by atoms with Crippen LogP contribution in [0.2, 0.25) is 0 Å². The number of aromatic nitrogens is 3. The number of nitrogens with two attached hydrogens (primary N) is 1. The maximum absolute atomic E-state index is 14.3. The highest BCUT2D eigenvalue weighted by molar-refractivity contribution is 8.04. The van der Waals surface area contributed by atoms with E-state index in [0.29, 0.717) is 25.0 Å². The van der Waals surface area contributed by atoms with Gasteiger partial charge in [0, 0.05) is 23.6 Å². The number of nitrogens with one attached hydrogen (secondary N) is 1. The maximum atomic E-state index is 14.3. The highest BCUT2D eigenvalue weighted by Crippen LogP contribution is 2.44. The average molecular weight is 475 g/mol. The standard InChI is InChI=1S/C20H22F5N5OS/c1-2-14-11(13-9-27-16-6-10(20(23,24)25)8-28-30(13)16)7-15(32-14)18(31)29-17-12(26)4-3-5-19(17,21)22/h6-9,11-12,14,17H,2-5,26H2,1H3,(H,29,31). The third-order valence-corrected chi connectivity index (χ3v) is 7.41. The molecule has 2 aromatic heterocycles. The topological polar surface area (TPSA) is 85.3 Å². The first kappa shape index (κ1) is 23.0. The van der Waals surface area contributed by atoms with Gasteiger partial charge in [0.25, 0.3) is 11.8 Å². The second kappa shape index (κ2) is 8.29. The van der Waals surface area contributed by atoms with Gasteiger partial charge in [-0.15, -0.1) is 11.8 Å². The average Bonchev–Trinajstić information content (AvgIpc) is 3.33. The van der Waals surface area contributed by atoms with Gasteiger partial charge in [0.1, 0.15) is 6.04 Å². The molecule has 2 aliphatic rings. The molecule has 0 aromatic carbocycles. The van der Waals surface area contributed by atoms with Crippen molar-refractivity contribution in [3.63, 3.8) is 0 Å². The summed E-state index contributed by atoms with van der Waals surface area (Å²) in [6, 6.07) is -1.37. The van der Waals surface area contributed by atoms with Crippen LogP contribution in [-0.2, 0) is 11.0 Å².